The number of hydrogen-bond donors (Lipinski definition) is 0. The summed E-state index contributed by atoms with van der Waals surface area (Å²) in [5, 5.41) is 0. The van der Waals surface area contributed by atoms with Gasteiger partial charge in [0.1, 0.15) is 0 Å². The lowest BCUT2D eigenvalue weighted by Gasteiger charge is -2.39. The summed E-state index contributed by atoms with van der Waals surface area (Å²) in [6.45, 7) is 8.27. The van der Waals surface area contributed by atoms with E-state index < -0.39 is 0 Å². The SMILES string of the molecule is CCCC(=O)C1=C(N2CCCCC2)CC(C)(C)CC1=O. The number of carbonyl (C=O) groups excluding carboxylic acids is 2. The summed E-state index contributed by atoms with van der Waals surface area (Å²) in [5.74, 6) is 0.133. The zero-order valence-corrected chi connectivity index (χ0v) is 13.1. The van der Waals surface area contributed by atoms with Crippen LogP contribution in [0.5, 0.6) is 0 Å². The summed E-state index contributed by atoms with van der Waals surface area (Å²) >= 11 is 0. The molecule has 20 heavy (non-hydrogen) atoms. The van der Waals surface area contributed by atoms with Gasteiger partial charge in [0.25, 0.3) is 0 Å². The lowest BCUT2D eigenvalue weighted by molar-refractivity contribution is -0.123. The highest BCUT2D eigenvalue weighted by Gasteiger charge is 2.37. The molecule has 0 aromatic heterocycles. The molecule has 1 heterocycles. The molecule has 0 N–H and O–H groups in total. The zero-order valence-electron chi connectivity index (χ0n) is 13.1. The van der Waals surface area contributed by atoms with Gasteiger partial charge in [-0.2, -0.15) is 0 Å². The predicted molar refractivity (Wildman–Crippen MR) is 80.4 cm³/mol. The van der Waals surface area contributed by atoms with E-state index in [0.717, 1.165) is 31.6 Å². The van der Waals surface area contributed by atoms with Crippen LogP contribution in [0.4, 0.5) is 0 Å². The molecule has 1 aliphatic heterocycles. The van der Waals surface area contributed by atoms with Crippen LogP contribution in [0.25, 0.3) is 0 Å². The van der Waals surface area contributed by atoms with Crippen LogP contribution in [-0.2, 0) is 9.59 Å². The molecule has 0 bridgehead atoms. The van der Waals surface area contributed by atoms with Gasteiger partial charge in [-0.05, 0) is 37.5 Å². The van der Waals surface area contributed by atoms with Gasteiger partial charge in [0.15, 0.2) is 11.6 Å². The third-order valence-electron chi connectivity index (χ3n) is 4.35. The van der Waals surface area contributed by atoms with Crippen LogP contribution >= 0.6 is 0 Å². The van der Waals surface area contributed by atoms with Gasteiger partial charge in [-0.1, -0.05) is 20.8 Å². The summed E-state index contributed by atoms with van der Waals surface area (Å²) in [5.41, 5.74) is 1.57. The van der Waals surface area contributed by atoms with Crippen molar-refractivity contribution in [2.75, 3.05) is 13.1 Å². The Bertz CT molecular complexity index is 428. The molecule has 2 rings (SSSR count). The Balaban J connectivity index is 2.36. The highest BCUT2D eigenvalue weighted by Crippen LogP contribution is 2.39. The number of rotatable bonds is 4. The summed E-state index contributed by atoms with van der Waals surface area (Å²) in [4.78, 5) is 27.2. The van der Waals surface area contributed by atoms with Gasteiger partial charge in [0.05, 0.1) is 5.57 Å². The fourth-order valence-corrected chi connectivity index (χ4v) is 3.39. The maximum Gasteiger partial charge on any atom is 0.168 e. The molecular formula is C17H27NO2. The molecule has 0 radical (unpaired) electrons. The first-order chi connectivity index (χ1) is 9.44. The number of likely N-dealkylation sites (tertiary alicyclic amines) is 1. The third kappa shape index (κ3) is 3.31. The van der Waals surface area contributed by atoms with Gasteiger partial charge in [-0.15, -0.1) is 0 Å². The minimum atomic E-state index is -0.0140. The van der Waals surface area contributed by atoms with Crippen molar-refractivity contribution in [2.24, 2.45) is 5.41 Å². The number of Topliss-reactive ketones (excluding diaryl/α,β-unsaturated/α-hetero) is 2. The molecule has 2 aliphatic rings. The smallest absolute Gasteiger partial charge is 0.168 e. The Morgan fingerprint density at radius 3 is 2.40 bits per heavy atom. The maximum atomic E-state index is 12.5. The number of ketones is 2. The van der Waals surface area contributed by atoms with Crippen LogP contribution in [0, 0.1) is 5.41 Å². The Labute approximate surface area is 122 Å². The van der Waals surface area contributed by atoms with E-state index in [0.29, 0.717) is 18.4 Å². The fraction of sp³-hybridized carbons (Fsp3) is 0.765. The zero-order chi connectivity index (χ0) is 14.8. The standard InChI is InChI=1S/C17H27NO2/c1-4-8-14(19)16-13(18-9-6-5-7-10-18)11-17(2,3)12-15(16)20/h4-12H2,1-3H3. The van der Waals surface area contributed by atoms with Crippen LogP contribution in [0.15, 0.2) is 11.3 Å². The lowest BCUT2D eigenvalue weighted by Crippen LogP contribution is -2.38. The van der Waals surface area contributed by atoms with Gasteiger partial charge >= 0.3 is 0 Å². The van der Waals surface area contributed by atoms with Crippen molar-refractivity contribution in [3.63, 3.8) is 0 Å². The van der Waals surface area contributed by atoms with Crippen molar-refractivity contribution in [3.8, 4) is 0 Å². The lowest BCUT2D eigenvalue weighted by atomic mass is 9.74. The highest BCUT2D eigenvalue weighted by molar-refractivity contribution is 6.21. The van der Waals surface area contributed by atoms with E-state index in [1.165, 1.54) is 19.3 Å². The summed E-state index contributed by atoms with van der Waals surface area (Å²) < 4.78 is 0. The number of nitrogens with zero attached hydrogens (tertiary/aromatic N) is 1. The Kier molecular flexibility index (Phi) is 4.66. The van der Waals surface area contributed by atoms with Gasteiger partial charge in [0.2, 0.25) is 0 Å². The highest BCUT2D eigenvalue weighted by atomic mass is 16.1. The van der Waals surface area contributed by atoms with Crippen molar-refractivity contribution >= 4 is 11.6 Å². The average molecular weight is 277 g/mol. The Morgan fingerprint density at radius 2 is 1.80 bits per heavy atom. The molecule has 1 saturated heterocycles. The van der Waals surface area contributed by atoms with E-state index in [-0.39, 0.29) is 17.0 Å². The molecule has 3 heteroatoms. The molecule has 0 aromatic rings. The van der Waals surface area contributed by atoms with Crippen LogP contribution in [0.1, 0.15) is 65.7 Å². The topological polar surface area (TPSA) is 37.4 Å². The van der Waals surface area contributed by atoms with Crippen molar-refractivity contribution in [3.05, 3.63) is 11.3 Å². The minimum Gasteiger partial charge on any atom is -0.374 e. The van der Waals surface area contributed by atoms with Crippen LogP contribution in [0.2, 0.25) is 0 Å². The molecule has 0 amide bonds. The Morgan fingerprint density at radius 1 is 1.15 bits per heavy atom. The fourth-order valence-electron chi connectivity index (χ4n) is 3.39. The summed E-state index contributed by atoms with van der Waals surface area (Å²) in [7, 11) is 0. The second kappa shape index (κ2) is 6.11. The monoisotopic (exact) mass is 277 g/mol. The maximum absolute atomic E-state index is 12.5. The van der Waals surface area contributed by atoms with Crippen molar-refractivity contribution in [2.45, 2.75) is 65.7 Å². The quantitative estimate of drug-likeness (QED) is 0.738. The normalized spacial score (nSPS) is 23.1. The molecule has 0 aromatic carbocycles. The number of allylic oxidation sites excluding steroid dienone is 2. The first-order valence-corrected chi connectivity index (χ1v) is 7.99. The molecular weight excluding hydrogens is 250 g/mol. The molecule has 0 atom stereocenters. The predicted octanol–water partition coefficient (Wildman–Crippen LogP) is 3.48. The largest absolute Gasteiger partial charge is 0.374 e. The molecule has 1 fully saturated rings. The first-order valence-electron chi connectivity index (χ1n) is 7.99. The molecule has 0 unspecified atom stereocenters. The van der Waals surface area contributed by atoms with E-state index in [4.69, 9.17) is 0 Å². The summed E-state index contributed by atoms with van der Waals surface area (Å²) in [6.07, 6.45) is 6.30. The van der Waals surface area contributed by atoms with Gasteiger partial charge < -0.3 is 4.90 Å². The molecule has 0 spiro atoms. The molecule has 112 valence electrons. The van der Waals surface area contributed by atoms with Crippen LogP contribution in [0.3, 0.4) is 0 Å². The average Bonchev–Trinajstić information content (AvgIpc) is 2.38. The summed E-state index contributed by atoms with van der Waals surface area (Å²) in [6, 6.07) is 0. The molecule has 0 saturated carbocycles. The van der Waals surface area contributed by atoms with E-state index in [2.05, 4.69) is 18.7 Å². The van der Waals surface area contributed by atoms with Crippen LogP contribution in [-0.4, -0.2) is 29.6 Å². The van der Waals surface area contributed by atoms with E-state index in [9.17, 15) is 9.59 Å². The minimum absolute atomic E-state index is 0.0140. The van der Waals surface area contributed by atoms with Gasteiger partial charge in [-0.25, -0.2) is 0 Å². The molecule has 1 aliphatic carbocycles. The van der Waals surface area contributed by atoms with Crippen molar-refractivity contribution < 1.29 is 9.59 Å². The van der Waals surface area contributed by atoms with Gasteiger partial charge in [0, 0.05) is 31.6 Å². The van der Waals surface area contributed by atoms with Crippen LogP contribution < -0.4 is 0 Å². The second-order valence-electron chi connectivity index (χ2n) is 6.98. The van der Waals surface area contributed by atoms with E-state index in [1.807, 2.05) is 6.92 Å². The van der Waals surface area contributed by atoms with Crippen molar-refractivity contribution in [1.29, 1.82) is 0 Å². The third-order valence-corrected chi connectivity index (χ3v) is 4.35. The first kappa shape index (κ1) is 15.3. The van der Waals surface area contributed by atoms with E-state index in [1.54, 1.807) is 0 Å². The number of carbonyl (C=O) groups is 2. The Hall–Kier alpha value is -1.12. The number of piperidine rings is 1. The van der Waals surface area contributed by atoms with Crippen molar-refractivity contribution in [1.82, 2.24) is 4.90 Å². The second-order valence-corrected chi connectivity index (χ2v) is 6.98. The van der Waals surface area contributed by atoms with Gasteiger partial charge in [-0.3, -0.25) is 9.59 Å². The molecule has 3 nitrogen and oxygen atoms in total. The van der Waals surface area contributed by atoms with E-state index >= 15 is 0 Å². The number of hydrogen-bond acceptors (Lipinski definition) is 3.